The number of nitrogens with one attached hydrogen (secondary N) is 1. The molecule has 1 fully saturated rings. The molecule has 1 aliphatic heterocycles. The van der Waals surface area contributed by atoms with Gasteiger partial charge in [-0.3, -0.25) is 4.79 Å². The number of rotatable bonds is 6. The zero-order chi connectivity index (χ0) is 21.0. The average Bonchev–Trinajstić information content (AvgIpc) is 2.71. The van der Waals surface area contributed by atoms with Crippen molar-refractivity contribution in [3.63, 3.8) is 0 Å². The number of hydrogen-bond donors (Lipinski definition) is 1. The molecule has 2 aromatic rings. The Morgan fingerprint density at radius 1 is 1.21 bits per heavy atom. The fraction of sp³-hybridized carbons (Fsp3) is 0.350. The monoisotopic (exact) mass is 438 g/mol. The molecule has 0 atom stereocenters. The second-order valence-electron chi connectivity index (χ2n) is 6.69. The van der Waals surface area contributed by atoms with Crippen LogP contribution in [0.1, 0.15) is 11.1 Å². The SMILES string of the molecule is Cc1cc(S(=O)(=O)N2CCOCC2)ccc1OCC(=O)Nc1cccc(Cl)c1C. The molecule has 1 heterocycles. The number of benzene rings is 2. The molecular weight excluding hydrogens is 416 g/mol. The Kier molecular flexibility index (Phi) is 6.79. The van der Waals surface area contributed by atoms with E-state index in [2.05, 4.69) is 5.32 Å². The van der Waals surface area contributed by atoms with Crippen molar-refractivity contribution < 1.29 is 22.7 Å². The first-order valence-electron chi connectivity index (χ1n) is 9.15. The summed E-state index contributed by atoms with van der Waals surface area (Å²) in [6.07, 6.45) is 0. The average molecular weight is 439 g/mol. The molecule has 1 amide bonds. The van der Waals surface area contributed by atoms with Crippen molar-refractivity contribution in [2.24, 2.45) is 0 Å². The van der Waals surface area contributed by atoms with Crippen LogP contribution in [0.15, 0.2) is 41.3 Å². The maximum atomic E-state index is 12.7. The van der Waals surface area contributed by atoms with E-state index >= 15 is 0 Å². The van der Waals surface area contributed by atoms with Gasteiger partial charge in [0.05, 0.1) is 18.1 Å². The Morgan fingerprint density at radius 3 is 2.62 bits per heavy atom. The Balaban J connectivity index is 1.65. The fourth-order valence-corrected chi connectivity index (χ4v) is 4.62. The van der Waals surface area contributed by atoms with Crippen molar-refractivity contribution in [3.05, 3.63) is 52.5 Å². The highest BCUT2D eigenvalue weighted by molar-refractivity contribution is 7.89. The van der Waals surface area contributed by atoms with Crippen molar-refractivity contribution in [2.45, 2.75) is 18.7 Å². The first kappa shape index (κ1) is 21.6. The minimum atomic E-state index is -3.58. The normalized spacial score (nSPS) is 15.1. The van der Waals surface area contributed by atoms with Crippen LogP contribution in [0.5, 0.6) is 5.75 Å². The molecule has 2 aromatic carbocycles. The van der Waals surface area contributed by atoms with Gasteiger partial charge in [-0.05, 0) is 55.3 Å². The van der Waals surface area contributed by atoms with Crippen LogP contribution in [-0.4, -0.2) is 51.5 Å². The van der Waals surface area contributed by atoms with Crippen LogP contribution in [0.4, 0.5) is 5.69 Å². The van der Waals surface area contributed by atoms with E-state index < -0.39 is 10.0 Å². The van der Waals surface area contributed by atoms with Crippen molar-refractivity contribution in [1.29, 1.82) is 0 Å². The summed E-state index contributed by atoms with van der Waals surface area (Å²) >= 11 is 6.06. The Hall–Kier alpha value is -2.13. The Morgan fingerprint density at radius 2 is 1.93 bits per heavy atom. The maximum Gasteiger partial charge on any atom is 0.262 e. The molecule has 1 aliphatic rings. The van der Waals surface area contributed by atoms with Gasteiger partial charge in [0.25, 0.3) is 5.91 Å². The minimum Gasteiger partial charge on any atom is -0.483 e. The highest BCUT2D eigenvalue weighted by Crippen LogP contribution is 2.25. The number of sulfonamides is 1. The third kappa shape index (κ3) is 5.08. The Labute approximate surface area is 175 Å². The van der Waals surface area contributed by atoms with Crippen LogP contribution in [0.3, 0.4) is 0 Å². The van der Waals surface area contributed by atoms with Crippen molar-refractivity contribution in [1.82, 2.24) is 4.31 Å². The summed E-state index contributed by atoms with van der Waals surface area (Å²) in [6.45, 7) is 4.80. The van der Waals surface area contributed by atoms with Crippen LogP contribution in [-0.2, 0) is 19.6 Å². The third-order valence-corrected chi connectivity index (χ3v) is 6.96. The number of hydrogen-bond acceptors (Lipinski definition) is 5. The topological polar surface area (TPSA) is 84.9 Å². The lowest BCUT2D eigenvalue weighted by Crippen LogP contribution is -2.40. The molecule has 1 N–H and O–H groups in total. The minimum absolute atomic E-state index is 0.197. The van der Waals surface area contributed by atoms with E-state index in [4.69, 9.17) is 21.1 Å². The van der Waals surface area contributed by atoms with Crippen LogP contribution in [0, 0.1) is 13.8 Å². The van der Waals surface area contributed by atoms with Gasteiger partial charge in [-0.2, -0.15) is 4.31 Å². The molecule has 29 heavy (non-hydrogen) atoms. The number of carbonyl (C=O) groups excluding carboxylic acids is 1. The second-order valence-corrected chi connectivity index (χ2v) is 9.04. The highest BCUT2D eigenvalue weighted by Gasteiger charge is 2.26. The number of anilines is 1. The van der Waals surface area contributed by atoms with E-state index in [9.17, 15) is 13.2 Å². The van der Waals surface area contributed by atoms with Gasteiger partial charge >= 0.3 is 0 Å². The summed E-state index contributed by atoms with van der Waals surface area (Å²) < 4.78 is 37.7. The molecule has 9 heteroatoms. The molecule has 1 saturated heterocycles. The molecular formula is C20H23ClN2O5S. The molecule has 7 nitrogen and oxygen atoms in total. The lowest BCUT2D eigenvalue weighted by molar-refractivity contribution is -0.118. The van der Waals surface area contributed by atoms with Gasteiger partial charge in [0, 0.05) is 23.8 Å². The first-order chi connectivity index (χ1) is 13.8. The number of ether oxygens (including phenoxy) is 2. The van der Waals surface area contributed by atoms with Gasteiger partial charge in [-0.15, -0.1) is 0 Å². The summed E-state index contributed by atoms with van der Waals surface area (Å²) in [5.74, 6) is 0.115. The first-order valence-corrected chi connectivity index (χ1v) is 11.0. The van der Waals surface area contributed by atoms with Crippen LogP contribution in [0.2, 0.25) is 5.02 Å². The van der Waals surface area contributed by atoms with Crippen LogP contribution < -0.4 is 10.1 Å². The molecule has 0 spiro atoms. The summed E-state index contributed by atoms with van der Waals surface area (Å²) in [5, 5.41) is 3.32. The lowest BCUT2D eigenvalue weighted by atomic mass is 10.2. The Bertz CT molecular complexity index is 1000. The zero-order valence-electron chi connectivity index (χ0n) is 16.3. The van der Waals surface area contributed by atoms with Crippen molar-refractivity contribution >= 4 is 33.2 Å². The van der Waals surface area contributed by atoms with Gasteiger partial charge in [0.2, 0.25) is 10.0 Å². The van der Waals surface area contributed by atoms with E-state index in [-0.39, 0.29) is 17.4 Å². The smallest absolute Gasteiger partial charge is 0.262 e. The van der Waals surface area contributed by atoms with Crippen LogP contribution in [0.25, 0.3) is 0 Å². The second kappa shape index (κ2) is 9.13. The highest BCUT2D eigenvalue weighted by atomic mass is 35.5. The molecule has 156 valence electrons. The predicted octanol–water partition coefficient (Wildman–Crippen LogP) is 3.00. The van der Waals surface area contributed by atoms with E-state index in [1.165, 1.54) is 10.4 Å². The number of halogens is 1. The zero-order valence-corrected chi connectivity index (χ0v) is 17.8. The molecule has 0 aliphatic carbocycles. The van der Waals surface area contributed by atoms with Gasteiger partial charge < -0.3 is 14.8 Å². The van der Waals surface area contributed by atoms with E-state index in [1.807, 2.05) is 6.92 Å². The van der Waals surface area contributed by atoms with Gasteiger partial charge in [0.1, 0.15) is 5.75 Å². The summed E-state index contributed by atoms with van der Waals surface area (Å²) in [5.41, 5.74) is 2.03. The summed E-state index contributed by atoms with van der Waals surface area (Å²) in [4.78, 5) is 12.4. The molecule has 0 aromatic heterocycles. The quantitative estimate of drug-likeness (QED) is 0.749. The molecule has 3 rings (SSSR count). The van der Waals surface area contributed by atoms with Crippen molar-refractivity contribution in [3.8, 4) is 5.75 Å². The van der Waals surface area contributed by atoms with E-state index in [0.717, 1.165) is 5.56 Å². The van der Waals surface area contributed by atoms with E-state index in [0.29, 0.717) is 48.3 Å². The van der Waals surface area contributed by atoms with Crippen LogP contribution >= 0.6 is 11.6 Å². The summed E-state index contributed by atoms with van der Waals surface area (Å²) in [6, 6.07) is 9.88. The van der Waals surface area contributed by atoms with Gasteiger partial charge in [-0.1, -0.05) is 17.7 Å². The number of amides is 1. The maximum absolute atomic E-state index is 12.7. The number of aryl methyl sites for hydroxylation is 1. The standard InChI is InChI=1S/C20H23ClN2O5S/c1-14-12-16(29(25,26)23-8-10-27-11-9-23)6-7-19(14)28-13-20(24)22-18-5-3-4-17(21)15(18)2/h3-7,12H,8-11,13H2,1-2H3,(H,22,24). The molecule has 0 saturated carbocycles. The summed E-state index contributed by atoms with van der Waals surface area (Å²) in [7, 11) is -3.58. The van der Waals surface area contributed by atoms with Gasteiger partial charge in [-0.25, -0.2) is 8.42 Å². The molecule has 0 radical (unpaired) electrons. The largest absolute Gasteiger partial charge is 0.483 e. The van der Waals surface area contributed by atoms with Gasteiger partial charge in [0.15, 0.2) is 6.61 Å². The molecule has 0 unspecified atom stereocenters. The number of morpholine rings is 1. The predicted molar refractivity (Wildman–Crippen MR) is 111 cm³/mol. The lowest BCUT2D eigenvalue weighted by Gasteiger charge is -2.26. The number of nitrogens with zero attached hydrogens (tertiary/aromatic N) is 1. The number of carbonyl (C=O) groups is 1. The van der Waals surface area contributed by atoms with Crippen molar-refractivity contribution in [2.75, 3.05) is 38.2 Å². The van der Waals surface area contributed by atoms with E-state index in [1.54, 1.807) is 37.3 Å². The fourth-order valence-electron chi connectivity index (χ4n) is 2.95. The molecule has 0 bridgehead atoms. The third-order valence-electron chi connectivity index (χ3n) is 4.65.